The average Bonchev–Trinajstić information content (AvgIpc) is 3.20. The third-order valence-corrected chi connectivity index (χ3v) is 5.43. The molecule has 150 valence electrons. The molecule has 7 nitrogen and oxygen atoms in total. The summed E-state index contributed by atoms with van der Waals surface area (Å²) in [4.78, 5) is 12.0. The van der Waals surface area contributed by atoms with Crippen LogP contribution in [0.5, 0.6) is 0 Å². The number of nitrogens with one attached hydrogen (secondary N) is 2. The van der Waals surface area contributed by atoms with Gasteiger partial charge in [0.05, 0.1) is 6.54 Å². The van der Waals surface area contributed by atoms with E-state index in [4.69, 9.17) is 0 Å². The molecule has 0 aliphatic heterocycles. The molecule has 0 spiro atoms. The van der Waals surface area contributed by atoms with Crippen LogP contribution in [0, 0.1) is 5.82 Å². The summed E-state index contributed by atoms with van der Waals surface area (Å²) >= 11 is 0. The molecule has 29 heavy (non-hydrogen) atoms. The number of amides is 1. The largest absolute Gasteiger partial charge is 0.322 e. The topological polar surface area (TPSA) is 93.1 Å². The number of carbonyl (C=O) groups is 1. The summed E-state index contributed by atoms with van der Waals surface area (Å²) in [6.07, 6.45) is 4.84. The molecular weight excluding hydrogens is 395 g/mol. The van der Waals surface area contributed by atoms with Gasteiger partial charge in [-0.3, -0.25) is 9.48 Å². The summed E-state index contributed by atoms with van der Waals surface area (Å²) in [5.74, 6) is -1.50. The Morgan fingerprint density at radius 1 is 1.21 bits per heavy atom. The van der Waals surface area contributed by atoms with Gasteiger partial charge < -0.3 is 5.32 Å². The van der Waals surface area contributed by atoms with Gasteiger partial charge in [-0.15, -0.1) is 6.58 Å². The van der Waals surface area contributed by atoms with E-state index in [0.29, 0.717) is 12.2 Å². The molecule has 0 unspecified atom stereocenters. The summed E-state index contributed by atoms with van der Waals surface area (Å²) in [5.41, 5.74) is 1.46. The van der Waals surface area contributed by atoms with E-state index in [-0.39, 0.29) is 12.1 Å². The molecule has 0 atom stereocenters. The maximum Gasteiger partial charge on any atom is 0.255 e. The van der Waals surface area contributed by atoms with E-state index in [1.165, 1.54) is 12.1 Å². The Hall–Kier alpha value is -3.30. The minimum Gasteiger partial charge on any atom is -0.322 e. The van der Waals surface area contributed by atoms with Crippen LogP contribution in [0.2, 0.25) is 0 Å². The molecule has 2 N–H and O–H groups in total. The van der Waals surface area contributed by atoms with E-state index in [1.807, 2.05) is 18.3 Å². The van der Waals surface area contributed by atoms with Crippen LogP contribution >= 0.6 is 0 Å². The first-order valence-corrected chi connectivity index (χ1v) is 10.2. The molecule has 0 aliphatic rings. The summed E-state index contributed by atoms with van der Waals surface area (Å²) in [6.45, 7) is 3.89. The second-order valence-electron chi connectivity index (χ2n) is 6.14. The fraction of sp³-hybridized carbons (Fsp3) is 0.100. The van der Waals surface area contributed by atoms with Crippen LogP contribution in [0.25, 0.3) is 0 Å². The van der Waals surface area contributed by atoms with Gasteiger partial charge in [0.2, 0.25) is 10.0 Å². The van der Waals surface area contributed by atoms with Crippen molar-refractivity contribution in [1.82, 2.24) is 14.5 Å². The Balaban J connectivity index is 1.79. The van der Waals surface area contributed by atoms with E-state index >= 15 is 0 Å². The predicted molar refractivity (Wildman–Crippen MR) is 108 cm³/mol. The van der Waals surface area contributed by atoms with Crippen LogP contribution in [-0.2, 0) is 16.6 Å². The van der Waals surface area contributed by atoms with Crippen molar-refractivity contribution in [2.24, 2.45) is 0 Å². The highest BCUT2D eigenvalue weighted by Gasteiger charge is 2.20. The number of anilines is 1. The molecule has 1 heterocycles. The van der Waals surface area contributed by atoms with E-state index in [1.54, 1.807) is 29.1 Å². The average molecular weight is 414 g/mol. The van der Waals surface area contributed by atoms with Gasteiger partial charge in [-0.2, -0.15) is 5.10 Å². The number of sulfonamides is 1. The van der Waals surface area contributed by atoms with Crippen LogP contribution in [0.4, 0.5) is 10.1 Å². The fourth-order valence-electron chi connectivity index (χ4n) is 2.63. The normalized spacial score (nSPS) is 11.2. The van der Waals surface area contributed by atoms with Crippen molar-refractivity contribution in [3.63, 3.8) is 0 Å². The van der Waals surface area contributed by atoms with E-state index in [9.17, 15) is 17.6 Å². The molecule has 1 amide bonds. The van der Waals surface area contributed by atoms with Crippen molar-refractivity contribution < 1.29 is 17.6 Å². The molecule has 3 rings (SSSR count). The molecule has 0 aliphatic carbocycles. The second-order valence-corrected chi connectivity index (χ2v) is 7.88. The monoisotopic (exact) mass is 414 g/mol. The zero-order valence-electron chi connectivity index (χ0n) is 15.4. The van der Waals surface area contributed by atoms with E-state index in [0.717, 1.165) is 17.7 Å². The zero-order valence-corrected chi connectivity index (χ0v) is 16.2. The lowest BCUT2D eigenvalue weighted by molar-refractivity contribution is 0.102. The van der Waals surface area contributed by atoms with Gasteiger partial charge in [0.25, 0.3) is 5.91 Å². The SMILES string of the molecule is C=CCNS(=O)(=O)c1cc(C(=O)Nc2cccc(Cn3cccn3)c2)ccc1F. The van der Waals surface area contributed by atoms with Gasteiger partial charge in [-0.25, -0.2) is 17.5 Å². The van der Waals surface area contributed by atoms with Gasteiger partial charge >= 0.3 is 0 Å². The number of carbonyl (C=O) groups excluding carboxylic acids is 1. The molecule has 1 aromatic heterocycles. The number of halogens is 1. The van der Waals surface area contributed by atoms with Crippen LogP contribution < -0.4 is 10.0 Å². The van der Waals surface area contributed by atoms with Crippen molar-refractivity contribution in [3.05, 3.63) is 90.5 Å². The highest BCUT2D eigenvalue weighted by molar-refractivity contribution is 7.89. The lowest BCUT2D eigenvalue weighted by Crippen LogP contribution is -2.25. The minimum atomic E-state index is -4.10. The lowest BCUT2D eigenvalue weighted by Gasteiger charge is -2.10. The Labute approximate surface area is 167 Å². The van der Waals surface area contributed by atoms with Gasteiger partial charge in [-0.05, 0) is 42.0 Å². The van der Waals surface area contributed by atoms with Crippen LogP contribution in [0.3, 0.4) is 0 Å². The molecule has 9 heteroatoms. The molecule has 0 saturated heterocycles. The molecule has 0 bridgehead atoms. The number of nitrogens with zero attached hydrogens (tertiary/aromatic N) is 2. The molecular formula is C20H19FN4O3S. The lowest BCUT2D eigenvalue weighted by atomic mass is 10.1. The fourth-order valence-corrected chi connectivity index (χ4v) is 3.73. The summed E-state index contributed by atoms with van der Waals surface area (Å²) in [6, 6.07) is 12.2. The zero-order chi connectivity index (χ0) is 20.9. The maximum absolute atomic E-state index is 14.0. The number of hydrogen-bond acceptors (Lipinski definition) is 4. The van der Waals surface area contributed by atoms with Crippen molar-refractivity contribution in [3.8, 4) is 0 Å². The highest BCUT2D eigenvalue weighted by atomic mass is 32.2. The highest BCUT2D eigenvalue weighted by Crippen LogP contribution is 2.18. The predicted octanol–water partition coefficient (Wildman–Crippen LogP) is 2.79. The molecule has 0 fully saturated rings. The first-order chi connectivity index (χ1) is 13.9. The van der Waals surface area contributed by atoms with Crippen molar-refractivity contribution in [2.45, 2.75) is 11.4 Å². The number of rotatable bonds is 8. The van der Waals surface area contributed by atoms with Crippen molar-refractivity contribution in [1.29, 1.82) is 0 Å². The van der Waals surface area contributed by atoms with Gasteiger partial charge in [0.15, 0.2) is 0 Å². The first-order valence-electron chi connectivity index (χ1n) is 8.67. The minimum absolute atomic E-state index is 0.0165. The Bertz CT molecular complexity index is 1130. The summed E-state index contributed by atoms with van der Waals surface area (Å²) in [7, 11) is -4.10. The molecule has 0 saturated carbocycles. The van der Waals surface area contributed by atoms with Gasteiger partial charge in [0, 0.05) is 30.2 Å². The molecule has 3 aromatic rings. The van der Waals surface area contributed by atoms with Crippen LogP contribution in [0.15, 0.2) is 78.5 Å². The third-order valence-electron chi connectivity index (χ3n) is 3.99. The Morgan fingerprint density at radius 2 is 2.03 bits per heavy atom. The molecule has 2 aromatic carbocycles. The Kier molecular flexibility index (Phi) is 6.20. The van der Waals surface area contributed by atoms with Crippen molar-refractivity contribution in [2.75, 3.05) is 11.9 Å². The standard InChI is InChI=1S/C20H19FN4O3S/c1-2-9-23-29(27,28)19-13-16(7-8-18(19)21)20(26)24-17-6-3-5-15(12-17)14-25-11-4-10-22-25/h2-8,10-13,23H,1,9,14H2,(H,24,26). The third kappa shape index (κ3) is 5.15. The number of aromatic nitrogens is 2. The quantitative estimate of drug-likeness (QED) is 0.555. The molecule has 0 radical (unpaired) electrons. The summed E-state index contributed by atoms with van der Waals surface area (Å²) in [5, 5.41) is 6.83. The van der Waals surface area contributed by atoms with Gasteiger partial charge in [-0.1, -0.05) is 18.2 Å². The van der Waals surface area contributed by atoms with Crippen LogP contribution in [-0.4, -0.2) is 30.7 Å². The van der Waals surface area contributed by atoms with Crippen molar-refractivity contribution >= 4 is 21.6 Å². The van der Waals surface area contributed by atoms with Crippen LogP contribution in [0.1, 0.15) is 15.9 Å². The second kappa shape index (κ2) is 8.80. The van der Waals surface area contributed by atoms with E-state index < -0.39 is 26.6 Å². The Morgan fingerprint density at radius 3 is 2.76 bits per heavy atom. The number of benzene rings is 2. The number of hydrogen-bond donors (Lipinski definition) is 2. The van der Waals surface area contributed by atoms with Gasteiger partial charge in [0.1, 0.15) is 10.7 Å². The smallest absolute Gasteiger partial charge is 0.255 e. The maximum atomic E-state index is 14.0. The summed E-state index contributed by atoms with van der Waals surface area (Å²) < 4.78 is 42.4. The first kappa shape index (κ1) is 20.4. The van der Waals surface area contributed by atoms with E-state index in [2.05, 4.69) is 21.7 Å².